The summed E-state index contributed by atoms with van der Waals surface area (Å²) in [6.45, 7) is 0.989. The molecule has 1 fully saturated rings. The van der Waals surface area contributed by atoms with E-state index in [4.69, 9.17) is 16.2 Å². The Morgan fingerprint density at radius 2 is 2.08 bits per heavy atom. The van der Waals surface area contributed by atoms with E-state index in [9.17, 15) is 5.11 Å². The molecule has 5 N–H and O–H groups in total. The van der Waals surface area contributed by atoms with E-state index in [1.54, 1.807) is 7.11 Å². The molecule has 1 rings (SSSR count). The molecule has 12 heavy (non-hydrogen) atoms. The second-order valence-electron chi connectivity index (χ2n) is 3.65. The highest BCUT2D eigenvalue weighted by Crippen LogP contribution is 2.52. The number of nitrogens with two attached hydrogens (primary N) is 2. The van der Waals surface area contributed by atoms with Crippen LogP contribution in [0.25, 0.3) is 0 Å². The molecule has 0 bridgehead atoms. The summed E-state index contributed by atoms with van der Waals surface area (Å²) in [4.78, 5) is 0. The molecule has 4 heteroatoms. The molecule has 4 nitrogen and oxygen atoms in total. The van der Waals surface area contributed by atoms with Crippen molar-refractivity contribution < 1.29 is 9.84 Å². The van der Waals surface area contributed by atoms with Gasteiger partial charge in [0.15, 0.2) is 0 Å². The second-order valence-corrected chi connectivity index (χ2v) is 3.65. The van der Waals surface area contributed by atoms with Gasteiger partial charge in [0.1, 0.15) is 5.60 Å². The van der Waals surface area contributed by atoms with Gasteiger partial charge in [-0.25, -0.2) is 0 Å². The SMILES string of the molecule is COCC(O)(CN)C1(CN)CC1. The van der Waals surface area contributed by atoms with Crippen LogP contribution in [-0.2, 0) is 4.74 Å². The zero-order valence-corrected chi connectivity index (χ0v) is 7.55. The van der Waals surface area contributed by atoms with Crippen molar-refractivity contribution in [2.24, 2.45) is 16.9 Å². The molecular formula is C8H18N2O2. The fourth-order valence-corrected chi connectivity index (χ4v) is 1.68. The molecule has 1 saturated carbocycles. The van der Waals surface area contributed by atoms with Crippen LogP contribution < -0.4 is 11.5 Å². The lowest BCUT2D eigenvalue weighted by Gasteiger charge is -2.34. The lowest BCUT2D eigenvalue weighted by molar-refractivity contribution is -0.0753. The van der Waals surface area contributed by atoms with Gasteiger partial charge >= 0.3 is 0 Å². The molecule has 0 saturated heterocycles. The number of rotatable bonds is 5. The largest absolute Gasteiger partial charge is 0.386 e. The normalized spacial score (nSPS) is 25.0. The third-order valence-electron chi connectivity index (χ3n) is 2.95. The van der Waals surface area contributed by atoms with Crippen LogP contribution in [0.1, 0.15) is 12.8 Å². The monoisotopic (exact) mass is 174 g/mol. The van der Waals surface area contributed by atoms with Gasteiger partial charge in [0, 0.05) is 25.6 Å². The van der Waals surface area contributed by atoms with Crippen molar-refractivity contribution in [3.63, 3.8) is 0 Å². The molecule has 1 atom stereocenters. The molecule has 1 aliphatic carbocycles. The molecule has 0 amide bonds. The van der Waals surface area contributed by atoms with E-state index in [0.717, 1.165) is 12.8 Å². The highest BCUT2D eigenvalue weighted by molar-refractivity contribution is 5.09. The third-order valence-corrected chi connectivity index (χ3v) is 2.95. The van der Waals surface area contributed by atoms with Crippen LogP contribution in [0.15, 0.2) is 0 Å². The summed E-state index contributed by atoms with van der Waals surface area (Å²) < 4.78 is 4.94. The number of ether oxygens (including phenoxy) is 1. The van der Waals surface area contributed by atoms with Gasteiger partial charge in [-0.15, -0.1) is 0 Å². The summed E-state index contributed by atoms with van der Waals surface area (Å²) in [5.74, 6) is 0. The predicted octanol–water partition coefficient (Wildman–Crippen LogP) is -0.938. The van der Waals surface area contributed by atoms with Crippen molar-refractivity contribution in [3.8, 4) is 0 Å². The van der Waals surface area contributed by atoms with Crippen molar-refractivity contribution in [1.29, 1.82) is 0 Å². The lowest BCUT2D eigenvalue weighted by Crippen LogP contribution is -2.53. The molecule has 0 radical (unpaired) electrons. The molecule has 1 unspecified atom stereocenters. The topological polar surface area (TPSA) is 81.5 Å². The van der Waals surface area contributed by atoms with Gasteiger partial charge in [-0.05, 0) is 12.8 Å². The first-order valence-corrected chi connectivity index (χ1v) is 4.25. The summed E-state index contributed by atoms with van der Waals surface area (Å²) in [7, 11) is 1.56. The average molecular weight is 174 g/mol. The van der Waals surface area contributed by atoms with E-state index in [1.807, 2.05) is 0 Å². The van der Waals surface area contributed by atoms with E-state index >= 15 is 0 Å². The van der Waals surface area contributed by atoms with Crippen molar-refractivity contribution in [2.45, 2.75) is 18.4 Å². The summed E-state index contributed by atoms with van der Waals surface area (Å²) >= 11 is 0. The van der Waals surface area contributed by atoms with Crippen LogP contribution in [-0.4, -0.2) is 37.5 Å². The second kappa shape index (κ2) is 3.30. The van der Waals surface area contributed by atoms with Crippen molar-refractivity contribution >= 4 is 0 Å². The zero-order chi connectivity index (χ0) is 9.24. The van der Waals surface area contributed by atoms with Crippen LogP contribution in [0.5, 0.6) is 0 Å². The number of hydrogen-bond donors (Lipinski definition) is 3. The fraction of sp³-hybridized carbons (Fsp3) is 1.00. The molecule has 0 aromatic rings. The first-order chi connectivity index (χ1) is 5.64. The van der Waals surface area contributed by atoms with Gasteiger partial charge < -0.3 is 21.3 Å². The smallest absolute Gasteiger partial charge is 0.107 e. The lowest BCUT2D eigenvalue weighted by atomic mass is 9.85. The van der Waals surface area contributed by atoms with Crippen LogP contribution >= 0.6 is 0 Å². The van der Waals surface area contributed by atoms with Gasteiger partial charge in [0.25, 0.3) is 0 Å². The first kappa shape index (κ1) is 9.92. The summed E-state index contributed by atoms with van der Waals surface area (Å²) in [5.41, 5.74) is 10.0. The predicted molar refractivity (Wildman–Crippen MR) is 46.6 cm³/mol. The standard InChI is InChI=1S/C8H18N2O2/c1-12-6-8(11,5-10)7(4-9)2-3-7/h11H,2-6,9-10H2,1H3. The molecule has 0 spiro atoms. The van der Waals surface area contributed by atoms with E-state index in [0.29, 0.717) is 6.54 Å². The number of hydrogen-bond acceptors (Lipinski definition) is 4. The van der Waals surface area contributed by atoms with Crippen molar-refractivity contribution in [1.82, 2.24) is 0 Å². The maximum Gasteiger partial charge on any atom is 0.107 e. The fourth-order valence-electron chi connectivity index (χ4n) is 1.68. The Labute approximate surface area is 72.9 Å². The Kier molecular flexibility index (Phi) is 2.73. The Morgan fingerprint density at radius 3 is 2.33 bits per heavy atom. The van der Waals surface area contributed by atoms with Gasteiger partial charge in [0.2, 0.25) is 0 Å². The minimum absolute atomic E-state index is 0.169. The molecule has 0 heterocycles. The van der Waals surface area contributed by atoms with Gasteiger partial charge in [-0.2, -0.15) is 0 Å². The van der Waals surface area contributed by atoms with E-state index < -0.39 is 5.60 Å². The molecule has 0 aromatic carbocycles. The van der Waals surface area contributed by atoms with E-state index in [2.05, 4.69) is 0 Å². The quantitative estimate of drug-likeness (QED) is 0.502. The highest BCUT2D eigenvalue weighted by atomic mass is 16.5. The summed E-state index contributed by atoms with van der Waals surface area (Å²) in [6, 6.07) is 0. The van der Waals surface area contributed by atoms with Crippen molar-refractivity contribution in [2.75, 3.05) is 26.8 Å². The minimum Gasteiger partial charge on any atom is -0.386 e. The Morgan fingerprint density at radius 1 is 1.50 bits per heavy atom. The summed E-state index contributed by atoms with van der Waals surface area (Å²) in [6.07, 6.45) is 1.92. The molecular weight excluding hydrogens is 156 g/mol. The third kappa shape index (κ3) is 1.35. The maximum atomic E-state index is 10.1. The molecule has 72 valence electrons. The Hall–Kier alpha value is -0.160. The summed E-state index contributed by atoms with van der Waals surface area (Å²) in [5, 5.41) is 10.1. The molecule has 1 aliphatic rings. The van der Waals surface area contributed by atoms with Crippen LogP contribution in [0.3, 0.4) is 0 Å². The zero-order valence-electron chi connectivity index (χ0n) is 7.55. The Bertz CT molecular complexity index is 159. The maximum absolute atomic E-state index is 10.1. The minimum atomic E-state index is -0.920. The highest BCUT2D eigenvalue weighted by Gasteiger charge is 2.57. The van der Waals surface area contributed by atoms with Gasteiger partial charge in [0.05, 0.1) is 6.61 Å². The van der Waals surface area contributed by atoms with Crippen LogP contribution in [0.2, 0.25) is 0 Å². The average Bonchev–Trinajstić information content (AvgIpc) is 2.85. The Balaban J connectivity index is 2.65. The van der Waals surface area contributed by atoms with E-state index in [1.165, 1.54) is 0 Å². The molecule has 0 aromatic heterocycles. The van der Waals surface area contributed by atoms with E-state index in [-0.39, 0.29) is 18.6 Å². The molecule has 0 aliphatic heterocycles. The van der Waals surface area contributed by atoms with Crippen LogP contribution in [0.4, 0.5) is 0 Å². The van der Waals surface area contributed by atoms with Gasteiger partial charge in [-0.3, -0.25) is 0 Å². The number of methoxy groups -OCH3 is 1. The first-order valence-electron chi connectivity index (χ1n) is 4.25. The van der Waals surface area contributed by atoms with Crippen LogP contribution in [0, 0.1) is 5.41 Å². The van der Waals surface area contributed by atoms with Crippen molar-refractivity contribution in [3.05, 3.63) is 0 Å². The van der Waals surface area contributed by atoms with Gasteiger partial charge in [-0.1, -0.05) is 0 Å². The number of aliphatic hydroxyl groups is 1.